The van der Waals surface area contributed by atoms with Crippen LogP contribution in [0.5, 0.6) is 5.75 Å². The van der Waals surface area contributed by atoms with Crippen molar-refractivity contribution in [2.45, 2.75) is 43.3 Å². The zero-order valence-electron chi connectivity index (χ0n) is 21.8. The number of alkyl halides is 3. The molecule has 218 valence electrons. The molecule has 2 aliphatic rings. The molecule has 0 bridgehead atoms. The number of hydrogen-bond donors (Lipinski definition) is 5. The summed E-state index contributed by atoms with van der Waals surface area (Å²) in [6, 6.07) is 9.04. The molecular weight excluding hydrogens is 531 g/mol. The number of amides is 2. The largest absolute Gasteiger partial charge is 0.490 e. The van der Waals surface area contributed by atoms with Crippen molar-refractivity contribution < 1.29 is 37.7 Å². The average molecular weight is 566 g/mol. The lowest BCUT2D eigenvalue weighted by atomic mass is 9.91. The van der Waals surface area contributed by atoms with Crippen LogP contribution in [0.2, 0.25) is 0 Å². The number of para-hydroxylation sites is 1. The van der Waals surface area contributed by atoms with Gasteiger partial charge in [-0.25, -0.2) is 0 Å². The van der Waals surface area contributed by atoms with E-state index in [9.17, 15) is 33.0 Å². The number of β-amino-alcohol motifs (C(OH)–C–C–N with tert-alkyl or cyclic N) is 1. The molecule has 0 spiro atoms. The summed E-state index contributed by atoms with van der Waals surface area (Å²) < 4.78 is 43.4. The highest BCUT2D eigenvalue weighted by Crippen LogP contribution is 2.32. The second-order valence-electron chi connectivity index (χ2n) is 10.1. The Morgan fingerprint density at radius 3 is 2.70 bits per heavy atom. The van der Waals surface area contributed by atoms with E-state index in [1.54, 1.807) is 53.7 Å². The quantitative estimate of drug-likeness (QED) is 0.282. The number of benzene rings is 1. The number of halogens is 3. The molecule has 1 aromatic heterocycles. The molecule has 0 saturated carbocycles. The minimum Gasteiger partial charge on any atom is -0.490 e. The van der Waals surface area contributed by atoms with Gasteiger partial charge in [0.05, 0.1) is 12.1 Å². The number of carbonyl (C=O) groups is 2. The molecule has 0 aliphatic carbocycles. The van der Waals surface area contributed by atoms with Gasteiger partial charge in [0.15, 0.2) is 0 Å². The minimum atomic E-state index is -4.53. The van der Waals surface area contributed by atoms with Crippen LogP contribution in [-0.4, -0.2) is 95.7 Å². The van der Waals surface area contributed by atoms with Crippen LogP contribution in [0.25, 0.3) is 0 Å². The van der Waals surface area contributed by atoms with E-state index in [4.69, 9.17) is 4.74 Å². The average Bonchev–Trinajstić information content (AvgIpc) is 2.93. The van der Waals surface area contributed by atoms with E-state index in [0.717, 1.165) is 5.56 Å². The van der Waals surface area contributed by atoms with E-state index in [0.29, 0.717) is 24.4 Å². The number of hydrogen-bond acceptors (Lipinski definition) is 8. The third kappa shape index (κ3) is 8.13. The van der Waals surface area contributed by atoms with Crippen LogP contribution >= 0.6 is 0 Å². The number of fused-ring (bicyclic) bond motifs is 1. The van der Waals surface area contributed by atoms with Gasteiger partial charge in [0.25, 0.3) is 0 Å². The maximum atomic E-state index is 13.6. The number of aliphatic hydroxyl groups is 2. The number of pyridine rings is 1. The number of rotatable bonds is 10. The molecule has 3 heterocycles. The lowest BCUT2D eigenvalue weighted by Crippen LogP contribution is -2.60. The Bertz CT molecular complexity index is 1140. The Hall–Kier alpha value is -3.26. The molecule has 2 aliphatic heterocycles. The smallest absolute Gasteiger partial charge is 0.405 e. The van der Waals surface area contributed by atoms with Crippen LogP contribution in [-0.2, 0) is 16.0 Å². The fourth-order valence-corrected chi connectivity index (χ4v) is 5.08. The first-order valence-electron chi connectivity index (χ1n) is 13.2. The first-order chi connectivity index (χ1) is 19.1. The van der Waals surface area contributed by atoms with Crippen LogP contribution in [0, 0.1) is 5.92 Å². The van der Waals surface area contributed by atoms with Gasteiger partial charge in [-0.3, -0.25) is 19.5 Å². The summed E-state index contributed by atoms with van der Waals surface area (Å²) in [5, 5.41) is 29.5. The van der Waals surface area contributed by atoms with E-state index in [2.05, 4.69) is 15.6 Å². The molecule has 1 saturated heterocycles. The molecule has 0 unspecified atom stereocenters. The minimum absolute atomic E-state index is 0.00532. The van der Waals surface area contributed by atoms with Crippen molar-refractivity contribution >= 4 is 11.8 Å². The molecule has 10 nitrogen and oxygen atoms in total. The summed E-state index contributed by atoms with van der Waals surface area (Å²) in [6.45, 7) is -0.452. The van der Waals surface area contributed by atoms with Crippen molar-refractivity contribution in [3.05, 3.63) is 59.9 Å². The number of nitrogens with one attached hydrogen (secondary N) is 3. The predicted molar refractivity (Wildman–Crippen MR) is 138 cm³/mol. The summed E-state index contributed by atoms with van der Waals surface area (Å²) in [5.74, 6) is -1.30. The molecule has 4 rings (SSSR count). The zero-order chi connectivity index (χ0) is 28.7. The number of aliphatic hydroxyl groups excluding tert-OH is 2. The number of ether oxygens (including phenoxy) is 1. The highest BCUT2D eigenvalue weighted by Gasteiger charge is 2.36. The van der Waals surface area contributed by atoms with Gasteiger partial charge in [-0.1, -0.05) is 18.2 Å². The van der Waals surface area contributed by atoms with E-state index >= 15 is 0 Å². The summed E-state index contributed by atoms with van der Waals surface area (Å²) in [6.07, 6.45) is -3.05. The van der Waals surface area contributed by atoms with Gasteiger partial charge in [0, 0.05) is 50.1 Å². The molecule has 0 radical (unpaired) electrons. The Balaban J connectivity index is 1.45. The molecular formula is C27H34F3N5O5. The maximum absolute atomic E-state index is 13.6. The lowest BCUT2D eigenvalue weighted by molar-refractivity contribution is -0.142. The predicted octanol–water partition coefficient (Wildman–Crippen LogP) is 0.554. The third-order valence-electron chi connectivity index (χ3n) is 7.07. The van der Waals surface area contributed by atoms with Crippen molar-refractivity contribution in [2.75, 3.05) is 39.3 Å². The third-order valence-corrected chi connectivity index (χ3v) is 7.07. The van der Waals surface area contributed by atoms with E-state index < -0.39 is 48.8 Å². The van der Waals surface area contributed by atoms with Crippen LogP contribution < -0.4 is 20.7 Å². The number of carbonyl (C=O) groups excluding carboxylic acids is 2. The summed E-state index contributed by atoms with van der Waals surface area (Å²) in [5.41, 5.74) is 1.47. The molecule has 13 heteroatoms. The van der Waals surface area contributed by atoms with Crippen molar-refractivity contribution in [3.8, 4) is 5.75 Å². The Kier molecular flexibility index (Phi) is 9.95. The molecule has 5 atom stereocenters. The Morgan fingerprint density at radius 1 is 1.20 bits per heavy atom. The topological polar surface area (TPSA) is 136 Å². The van der Waals surface area contributed by atoms with E-state index in [1.165, 1.54) is 0 Å². The van der Waals surface area contributed by atoms with Crippen LogP contribution in [0.1, 0.15) is 23.6 Å². The second-order valence-corrected chi connectivity index (χ2v) is 10.1. The van der Waals surface area contributed by atoms with Crippen LogP contribution in [0.15, 0.2) is 48.8 Å². The fraction of sp³-hybridized carbons (Fsp3) is 0.519. The van der Waals surface area contributed by atoms with Gasteiger partial charge < -0.3 is 30.9 Å². The van der Waals surface area contributed by atoms with Crippen molar-refractivity contribution in [2.24, 2.45) is 5.92 Å². The Morgan fingerprint density at radius 2 is 1.95 bits per heavy atom. The molecule has 1 fully saturated rings. The maximum Gasteiger partial charge on any atom is 0.405 e. The van der Waals surface area contributed by atoms with Crippen molar-refractivity contribution in [1.29, 1.82) is 0 Å². The van der Waals surface area contributed by atoms with Gasteiger partial charge in [0.2, 0.25) is 11.8 Å². The number of nitrogens with zero attached hydrogens (tertiary/aromatic N) is 2. The highest BCUT2D eigenvalue weighted by molar-refractivity contribution is 5.82. The highest BCUT2D eigenvalue weighted by atomic mass is 19.4. The van der Waals surface area contributed by atoms with Crippen LogP contribution in [0.3, 0.4) is 0 Å². The van der Waals surface area contributed by atoms with Gasteiger partial charge in [-0.2, -0.15) is 13.2 Å². The van der Waals surface area contributed by atoms with E-state index in [1.807, 2.05) is 5.32 Å². The number of aromatic nitrogens is 1. The molecule has 40 heavy (non-hydrogen) atoms. The normalized spacial score (nSPS) is 22.9. The van der Waals surface area contributed by atoms with Gasteiger partial charge in [0.1, 0.15) is 31.0 Å². The van der Waals surface area contributed by atoms with Crippen molar-refractivity contribution in [3.63, 3.8) is 0 Å². The van der Waals surface area contributed by atoms with Crippen LogP contribution in [0.4, 0.5) is 13.2 Å². The van der Waals surface area contributed by atoms with Gasteiger partial charge >= 0.3 is 6.18 Å². The number of piperazine rings is 1. The van der Waals surface area contributed by atoms with Gasteiger partial charge in [-0.05, 0) is 36.6 Å². The standard InChI is InChI=1S/C27H34F3N5O5/c28-27(29,30)16-33-26(39)21-13-32-9-10-35(21)14-19(36)12-18(11-17-5-7-31-8-6-17)25(38)34-24-20-3-1-2-4-23(20)40-15-22(24)37/h1-8,18-19,21-22,24,32,36-37H,9-16H2,(H,33,39)(H,34,38)/t18-,19+,21+,22-,24+/m1/s1. The SMILES string of the molecule is O=C(N[C@H]1c2ccccc2OC[C@H]1O)[C@H](Cc1ccncc1)C[C@H](O)CN1CCNC[C@H]1C(=O)NCC(F)(F)F. The molecule has 2 aromatic rings. The molecule has 1 aromatic carbocycles. The fourth-order valence-electron chi connectivity index (χ4n) is 5.08. The first-order valence-corrected chi connectivity index (χ1v) is 13.2. The molecule has 5 N–H and O–H groups in total. The van der Waals surface area contributed by atoms with E-state index in [-0.39, 0.29) is 38.4 Å². The Labute approximate surface area is 229 Å². The second kappa shape index (κ2) is 13.4. The lowest BCUT2D eigenvalue weighted by Gasteiger charge is -2.37. The zero-order valence-corrected chi connectivity index (χ0v) is 21.8. The summed E-state index contributed by atoms with van der Waals surface area (Å²) in [7, 11) is 0. The summed E-state index contributed by atoms with van der Waals surface area (Å²) in [4.78, 5) is 31.7. The first kappa shape index (κ1) is 29.7. The monoisotopic (exact) mass is 565 g/mol. The summed E-state index contributed by atoms with van der Waals surface area (Å²) >= 11 is 0. The van der Waals surface area contributed by atoms with Gasteiger partial charge in [-0.15, -0.1) is 0 Å². The molecule has 2 amide bonds. The van der Waals surface area contributed by atoms with Crippen molar-refractivity contribution in [1.82, 2.24) is 25.8 Å².